The van der Waals surface area contributed by atoms with Gasteiger partial charge >= 0.3 is 0 Å². The predicted octanol–water partition coefficient (Wildman–Crippen LogP) is 5.70. The molecular formula is C26H30N2O2S2. The molecule has 168 valence electrons. The standard InChI is InChI=1S/C26H30N2O2S2/c1-2-3-16-27(26(30)21-32-23-13-8-5-9-14-23)20-25(29)28(19-24-15-10-17-31-24)18-22-11-6-4-7-12-22/h4-15,17H,2-3,16,18-21H2,1H3. The van der Waals surface area contributed by atoms with E-state index in [4.69, 9.17) is 0 Å². The van der Waals surface area contributed by atoms with E-state index in [1.165, 1.54) is 11.8 Å². The van der Waals surface area contributed by atoms with Crippen LogP contribution in [0.15, 0.2) is 83.1 Å². The number of amides is 2. The molecule has 0 atom stereocenters. The SMILES string of the molecule is CCCCN(CC(=O)N(Cc1ccccc1)Cc1cccs1)C(=O)CSc1ccccc1. The Hall–Kier alpha value is -2.57. The van der Waals surface area contributed by atoms with Gasteiger partial charge in [-0.15, -0.1) is 23.1 Å². The number of rotatable bonds is 12. The summed E-state index contributed by atoms with van der Waals surface area (Å²) in [4.78, 5) is 32.1. The summed E-state index contributed by atoms with van der Waals surface area (Å²) < 4.78 is 0. The number of carbonyl (C=O) groups excluding carboxylic acids is 2. The van der Waals surface area contributed by atoms with Gasteiger partial charge in [0.25, 0.3) is 0 Å². The Morgan fingerprint density at radius 3 is 2.22 bits per heavy atom. The van der Waals surface area contributed by atoms with Gasteiger partial charge in [-0.2, -0.15) is 0 Å². The fourth-order valence-corrected chi connectivity index (χ4v) is 4.83. The number of carbonyl (C=O) groups is 2. The highest BCUT2D eigenvalue weighted by Crippen LogP contribution is 2.19. The Labute approximate surface area is 199 Å². The van der Waals surface area contributed by atoms with Gasteiger partial charge in [0, 0.05) is 22.9 Å². The Balaban J connectivity index is 1.67. The zero-order valence-electron chi connectivity index (χ0n) is 18.5. The van der Waals surface area contributed by atoms with Crippen LogP contribution in [0.4, 0.5) is 0 Å². The molecule has 0 aliphatic rings. The van der Waals surface area contributed by atoms with Crippen molar-refractivity contribution >= 4 is 34.9 Å². The molecule has 0 N–H and O–H groups in total. The Bertz CT molecular complexity index is 946. The molecule has 1 heterocycles. The molecule has 0 saturated heterocycles. The summed E-state index contributed by atoms with van der Waals surface area (Å²) in [7, 11) is 0. The first-order valence-corrected chi connectivity index (χ1v) is 12.8. The van der Waals surface area contributed by atoms with Gasteiger partial charge in [0.05, 0.1) is 18.8 Å². The predicted molar refractivity (Wildman–Crippen MR) is 134 cm³/mol. The van der Waals surface area contributed by atoms with E-state index in [1.807, 2.05) is 83.1 Å². The van der Waals surface area contributed by atoms with Crippen LogP contribution in [0, 0.1) is 0 Å². The number of unbranched alkanes of at least 4 members (excludes halogenated alkanes) is 1. The van der Waals surface area contributed by atoms with Crippen LogP contribution < -0.4 is 0 Å². The lowest BCUT2D eigenvalue weighted by atomic mass is 10.2. The third-order valence-electron chi connectivity index (χ3n) is 5.06. The highest BCUT2D eigenvalue weighted by molar-refractivity contribution is 8.00. The summed E-state index contributed by atoms with van der Waals surface area (Å²) in [5.74, 6) is 0.331. The quantitative estimate of drug-likeness (QED) is 0.322. The van der Waals surface area contributed by atoms with Crippen LogP contribution in [0.2, 0.25) is 0 Å². The molecule has 0 radical (unpaired) electrons. The Morgan fingerprint density at radius 2 is 1.56 bits per heavy atom. The summed E-state index contributed by atoms with van der Waals surface area (Å²) in [6.07, 6.45) is 1.87. The van der Waals surface area contributed by atoms with Crippen molar-refractivity contribution < 1.29 is 9.59 Å². The highest BCUT2D eigenvalue weighted by atomic mass is 32.2. The number of nitrogens with zero attached hydrogens (tertiary/aromatic N) is 2. The fraction of sp³-hybridized carbons (Fsp3) is 0.308. The fourth-order valence-electron chi connectivity index (χ4n) is 3.28. The topological polar surface area (TPSA) is 40.6 Å². The normalized spacial score (nSPS) is 10.7. The molecule has 4 nitrogen and oxygen atoms in total. The van der Waals surface area contributed by atoms with Gasteiger partial charge in [0.2, 0.25) is 11.8 Å². The monoisotopic (exact) mass is 466 g/mol. The van der Waals surface area contributed by atoms with Gasteiger partial charge in [0.15, 0.2) is 0 Å². The molecule has 0 aliphatic heterocycles. The van der Waals surface area contributed by atoms with Crippen molar-refractivity contribution in [2.45, 2.75) is 37.8 Å². The second kappa shape index (κ2) is 13.1. The van der Waals surface area contributed by atoms with Gasteiger partial charge in [0.1, 0.15) is 0 Å². The summed E-state index contributed by atoms with van der Waals surface area (Å²) >= 11 is 3.16. The summed E-state index contributed by atoms with van der Waals surface area (Å²) in [6.45, 7) is 3.91. The summed E-state index contributed by atoms with van der Waals surface area (Å²) in [5, 5.41) is 2.03. The minimum Gasteiger partial charge on any atom is -0.333 e. The average molecular weight is 467 g/mol. The number of benzene rings is 2. The lowest BCUT2D eigenvalue weighted by molar-refractivity contribution is -0.140. The number of thioether (sulfide) groups is 1. The van der Waals surface area contributed by atoms with Crippen molar-refractivity contribution in [3.63, 3.8) is 0 Å². The summed E-state index contributed by atoms with van der Waals surface area (Å²) in [6, 6.07) is 24.0. The van der Waals surface area contributed by atoms with E-state index >= 15 is 0 Å². The molecule has 0 spiro atoms. The molecule has 3 rings (SSSR count). The van der Waals surface area contributed by atoms with E-state index in [9.17, 15) is 9.59 Å². The second-order valence-electron chi connectivity index (χ2n) is 7.59. The molecule has 0 saturated carbocycles. The maximum Gasteiger partial charge on any atom is 0.242 e. The van der Waals surface area contributed by atoms with Crippen LogP contribution in [-0.4, -0.2) is 40.5 Å². The van der Waals surface area contributed by atoms with Gasteiger partial charge in [-0.3, -0.25) is 9.59 Å². The molecule has 2 aromatic carbocycles. The van der Waals surface area contributed by atoms with Gasteiger partial charge in [-0.25, -0.2) is 0 Å². The van der Waals surface area contributed by atoms with Crippen molar-refractivity contribution in [2.75, 3.05) is 18.8 Å². The maximum absolute atomic E-state index is 13.4. The first-order chi connectivity index (χ1) is 15.7. The number of thiophene rings is 1. The highest BCUT2D eigenvalue weighted by Gasteiger charge is 2.22. The maximum atomic E-state index is 13.4. The lowest BCUT2D eigenvalue weighted by Crippen LogP contribution is -2.43. The molecule has 32 heavy (non-hydrogen) atoms. The van der Waals surface area contributed by atoms with E-state index < -0.39 is 0 Å². The summed E-state index contributed by atoms with van der Waals surface area (Å²) in [5.41, 5.74) is 1.09. The first kappa shape index (κ1) is 24.1. The molecular weight excluding hydrogens is 436 g/mol. The molecule has 3 aromatic rings. The van der Waals surface area contributed by atoms with Crippen LogP contribution in [0.1, 0.15) is 30.2 Å². The zero-order chi connectivity index (χ0) is 22.6. The van der Waals surface area contributed by atoms with Crippen molar-refractivity contribution in [3.05, 3.63) is 88.6 Å². The zero-order valence-corrected chi connectivity index (χ0v) is 20.1. The molecule has 1 aromatic heterocycles. The molecule has 0 bridgehead atoms. The largest absolute Gasteiger partial charge is 0.333 e. The van der Waals surface area contributed by atoms with E-state index in [0.717, 1.165) is 28.2 Å². The van der Waals surface area contributed by atoms with E-state index in [2.05, 4.69) is 6.92 Å². The number of hydrogen-bond donors (Lipinski definition) is 0. The smallest absolute Gasteiger partial charge is 0.242 e. The van der Waals surface area contributed by atoms with Crippen molar-refractivity contribution in [1.82, 2.24) is 9.80 Å². The van der Waals surface area contributed by atoms with Crippen LogP contribution in [0.25, 0.3) is 0 Å². The van der Waals surface area contributed by atoms with Crippen molar-refractivity contribution in [3.8, 4) is 0 Å². The Morgan fingerprint density at radius 1 is 0.844 bits per heavy atom. The second-order valence-corrected chi connectivity index (χ2v) is 9.67. The van der Waals surface area contributed by atoms with E-state index in [1.54, 1.807) is 16.2 Å². The molecule has 0 fully saturated rings. The van der Waals surface area contributed by atoms with Gasteiger partial charge in [-0.1, -0.05) is 67.9 Å². The van der Waals surface area contributed by atoms with Crippen molar-refractivity contribution in [2.24, 2.45) is 0 Å². The van der Waals surface area contributed by atoms with Crippen LogP contribution in [0.5, 0.6) is 0 Å². The minimum absolute atomic E-state index is 0.0106. The third-order valence-corrected chi connectivity index (χ3v) is 6.92. The average Bonchev–Trinajstić information content (AvgIpc) is 3.34. The van der Waals surface area contributed by atoms with Crippen LogP contribution >= 0.6 is 23.1 Å². The number of hydrogen-bond acceptors (Lipinski definition) is 4. The van der Waals surface area contributed by atoms with Crippen molar-refractivity contribution in [1.29, 1.82) is 0 Å². The van der Waals surface area contributed by atoms with Gasteiger partial charge < -0.3 is 9.80 Å². The minimum atomic E-state index is -0.0172. The van der Waals surface area contributed by atoms with E-state index in [-0.39, 0.29) is 18.4 Å². The molecule has 2 amide bonds. The van der Waals surface area contributed by atoms with Crippen LogP contribution in [-0.2, 0) is 22.7 Å². The molecule has 6 heteroatoms. The third kappa shape index (κ3) is 7.84. The van der Waals surface area contributed by atoms with E-state index in [0.29, 0.717) is 25.4 Å². The van der Waals surface area contributed by atoms with Gasteiger partial charge in [-0.05, 0) is 35.6 Å². The van der Waals surface area contributed by atoms with Crippen LogP contribution in [0.3, 0.4) is 0 Å². The Kier molecular flexibility index (Phi) is 9.85. The molecule has 0 aliphatic carbocycles. The lowest BCUT2D eigenvalue weighted by Gasteiger charge is -2.27. The molecule has 0 unspecified atom stereocenters. The first-order valence-electron chi connectivity index (χ1n) is 11.0.